The summed E-state index contributed by atoms with van der Waals surface area (Å²) < 4.78 is 0. The number of carbonyl (C=O) groups is 1. The lowest BCUT2D eigenvalue weighted by Crippen LogP contribution is -2.39. The van der Waals surface area contributed by atoms with Crippen LogP contribution in [0.1, 0.15) is 18.4 Å². The Kier molecular flexibility index (Phi) is 5.01. The van der Waals surface area contributed by atoms with Crippen LogP contribution in [0.15, 0.2) is 24.3 Å². The van der Waals surface area contributed by atoms with E-state index in [4.69, 9.17) is 5.11 Å². The second-order valence-corrected chi connectivity index (χ2v) is 5.79. The van der Waals surface area contributed by atoms with Gasteiger partial charge in [0, 0.05) is 32.9 Å². The zero-order valence-corrected chi connectivity index (χ0v) is 12.4. The van der Waals surface area contributed by atoms with E-state index in [0.29, 0.717) is 6.54 Å². The lowest BCUT2D eigenvalue weighted by atomic mass is 9.98. The van der Waals surface area contributed by atoms with Gasteiger partial charge in [-0.2, -0.15) is 0 Å². The molecule has 0 amide bonds. The SMILES string of the molecule is CN(C)c1ccc(CCN2CCCC(C(=O)O)C2)cc1. The second-order valence-electron chi connectivity index (χ2n) is 5.79. The van der Waals surface area contributed by atoms with Gasteiger partial charge >= 0.3 is 5.97 Å². The van der Waals surface area contributed by atoms with Crippen molar-refractivity contribution in [2.75, 3.05) is 38.6 Å². The van der Waals surface area contributed by atoms with Crippen molar-refractivity contribution in [3.05, 3.63) is 29.8 Å². The molecule has 0 bridgehead atoms. The van der Waals surface area contributed by atoms with Crippen LogP contribution < -0.4 is 4.90 Å². The summed E-state index contributed by atoms with van der Waals surface area (Å²) in [5.74, 6) is -0.829. The summed E-state index contributed by atoms with van der Waals surface area (Å²) in [6.45, 7) is 2.68. The Bertz CT molecular complexity index is 442. The quantitative estimate of drug-likeness (QED) is 0.894. The molecular weight excluding hydrogens is 252 g/mol. The number of aliphatic carboxylic acids is 1. The Hall–Kier alpha value is -1.55. The fourth-order valence-corrected chi connectivity index (χ4v) is 2.71. The first-order valence-corrected chi connectivity index (χ1v) is 7.27. The monoisotopic (exact) mass is 276 g/mol. The maximum atomic E-state index is 11.0. The largest absolute Gasteiger partial charge is 0.481 e. The molecule has 0 aliphatic carbocycles. The average Bonchev–Trinajstić information content (AvgIpc) is 2.46. The van der Waals surface area contributed by atoms with Gasteiger partial charge in [0.15, 0.2) is 0 Å². The number of hydrogen-bond acceptors (Lipinski definition) is 3. The van der Waals surface area contributed by atoms with Gasteiger partial charge in [-0.1, -0.05) is 12.1 Å². The van der Waals surface area contributed by atoms with E-state index in [2.05, 4.69) is 34.1 Å². The topological polar surface area (TPSA) is 43.8 Å². The number of hydrogen-bond donors (Lipinski definition) is 1. The summed E-state index contributed by atoms with van der Waals surface area (Å²) >= 11 is 0. The van der Waals surface area contributed by atoms with Crippen molar-refractivity contribution in [1.29, 1.82) is 0 Å². The van der Waals surface area contributed by atoms with Crippen LogP contribution in [-0.4, -0.2) is 49.7 Å². The van der Waals surface area contributed by atoms with Gasteiger partial charge in [0.25, 0.3) is 0 Å². The molecule has 1 aliphatic heterocycles. The Morgan fingerprint density at radius 2 is 2.05 bits per heavy atom. The van der Waals surface area contributed by atoms with Crippen molar-refractivity contribution < 1.29 is 9.90 Å². The smallest absolute Gasteiger partial charge is 0.307 e. The molecule has 4 nitrogen and oxygen atoms in total. The second kappa shape index (κ2) is 6.75. The molecule has 0 saturated carbocycles. The summed E-state index contributed by atoms with van der Waals surface area (Å²) in [5, 5.41) is 9.09. The third-order valence-electron chi connectivity index (χ3n) is 4.02. The molecule has 0 radical (unpaired) electrons. The van der Waals surface area contributed by atoms with Crippen LogP contribution in [0, 0.1) is 5.92 Å². The average molecular weight is 276 g/mol. The van der Waals surface area contributed by atoms with E-state index in [-0.39, 0.29) is 5.92 Å². The summed E-state index contributed by atoms with van der Waals surface area (Å²) in [6, 6.07) is 8.58. The van der Waals surface area contributed by atoms with Gasteiger partial charge in [0.05, 0.1) is 5.92 Å². The van der Waals surface area contributed by atoms with Crippen molar-refractivity contribution in [3.63, 3.8) is 0 Å². The van der Waals surface area contributed by atoms with Crippen LogP contribution >= 0.6 is 0 Å². The van der Waals surface area contributed by atoms with E-state index in [1.54, 1.807) is 0 Å². The normalized spacial score (nSPS) is 19.8. The summed E-state index contributed by atoms with van der Waals surface area (Å²) in [6.07, 6.45) is 2.81. The van der Waals surface area contributed by atoms with E-state index in [0.717, 1.165) is 32.4 Å². The van der Waals surface area contributed by atoms with Crippen LogP contribution in [0.3, 0.4) is 0 Å². The first-order chi connectivity index (χ1) is 9.56. The molecule has 1 fully saturated rings. The highest BCUT2D eigenvalue weighted by Crippen LogP contribution is 2.18. The summed E-state index contributed by atoms with van der Waals surface area (Å²) in [4.78, 5) is 15.4. The summed E-state index contributed by atoms with van der Waals surface area (Å²) in [7, 11) is 4.07. The van der Waals surface area contributed by atoms with Gasteiger partial charge in [-0.3, -0.25) is 4.79 Å². The van der Waals surface area contributed by atoms with Crippen LogP contribution in [-0.2, 0) is 11.2 Å². The Labute approximate surface area is 121 Å². The Morgan fingerprint density at radius 1 is 1.35 bits per heavy atom. The predicted molar refractivity (Wildman–Crippen MR) is 81.3 cm³/mol. The molecule has 1 atom stereocenters. The number of carboxylic acids is 1. The number of likely N-dealkylation sites (tertiary alicyclic amines) is 1. The minimum Gasteiger partial charge on any atom is -0.481 e. The standard InChI is InChI=1S/C16H24N2O2/c1-17(2)15-7-5-13(6-8-15)9-11-18-10-3-4-14(12-18)16(19)20/h5-8,14H,3-4,9-12H2,1-2H3,(H,19,20). The van der Waals surface area contributed by atoms with Gasteiger partial charge in [-0.25, -0.2) is 0 Å². The van der Waals surface area contributed by atoms with Crippen LogP contribution in [0.25, 0.3) is 0 Å². The maximum absolute atomic E-state index is 11.0. The molecule has 1 heterocycles. The summed E-state index contributed by atoms with van der Waals surface area (Å²) in [5.41, 5.74) is 2.52. The van der Waals surface area contributed by atoms with E-state index in [1.165, 1.54) is 11.3 Å². The van der Waals surface area contributed by atoms with E-state index in [1.807, 2.05) is 14.1 Å². The lowest BCUT2D eigenvalue weighted by molar-refractivity contribution is -0.143. The molecule has 20 heavy (non-hydrogen) atoms. The van der Waals surface area contributed by atoms with Gasteiger partial charge in [0.2, 0.25) is 0 Å². The van der Waals surface area contributed by atoms with Gasteiger partial charge in [0.1, 0.15) is 0 Å². The van der Waals surface area contributed by atoms with E-state index < -0.39 is 5.97 Å². The van der Waals surface area contributed by atoms with Crippen LogP contribution in [0.2, 0.25) is 0 Å². The highest BCUT2D eigenvalue weighted by Gasteiger charge is 2.24. The zero-order valence-electron chi connectivity index (χ0n) is 12.4. The fourth-order valence-electron chi connectivity index (χ4n) is 2.71. The van der Waals surface area contributed by atoms with Gasteiger partial charge < -0.3 is 14.9 Å². The Morgan fingerprint density at radius 3 is 2.65 bits per heavy atom. The first-order valence-electron chi connectivity index (χ1n) is 7.27. The first kappa shape index (κ1) is 14.9. The molecule has 1 aromatic rings. The highest BCUT2D eigenvalue weighted by molar-refractivity contribution is 5.70. The van der Waals surface area contributed by atoms with Crippen LogP contribution in [0.4, 0.5) is 5.69 Å². The van der Waals surface area contributed by atoms with Crippen molar-refractivity contribution in [2.45, 2.75) is 19.3 Å². The van der Waals surface area contributed by atoms with Crippen LogP contribution in [0.5, 0.6) is 0 Å². The number of rotatable bonds is 5. The number of anilines is 1. The number of nitrogens with zero attached hydrogens (tertiary/aromatic N) is 2. The molecule has 2 rings (SSSR count). The molecule has 1 N–H and O–H groups in total. The van der Waals surface area contributed by atoms with Crippen molar-refractivity contribution >= 4 is 11.7 Å². The molecule has 0 aromatic heterocycles. The van der Waals surface area contributed by atoms with Gasteiger partial charge in [-0.15, -0.1) is 0 Å². The minimum absolute atomic E-state index is 0.181. The molecule has 1 aromatic carbocycles. The van der Waals surface area contributed by atoms with Crippen molar-refractivity contribution in [2.24, 2.45) is 5.92 Å². The highest BCUT2D eigenvalue weighted by atomic mass is 16.4. The minimum atomic E-state index is -0.648. The maximum Gasteiger partial charge on any atom is 0.307 e. The molecule has 1 saturated heterocycles. The molecule has 110 valence electrons. The molecule has 0 spiro atoms. The number of carboxylic acid groups (broad SMARTS) is 1. The third-order valence-corrected chi connectivity index (χ3v) is 4.02. The molecule has 4 heteroatoms. The zero-order chi connectivity index (χ0) is 14.5. The van der Waals surface area contributed by atoms with Crippen molar-refractivity contribution in [3.8, 4) is 0 Å². The van der Waals surface area contributed by atoms with Gasteiger partial charge in [-0.05, 0) is 43.5 Å². The van der Waals surface area contributed by atoms with Crippen molar-refractivity contribution in [1.82, 2.24) is 4.90 Å². The number of benzene rings is 1. The number of piperidine rings is 1. The Balaban J connectivity index is 1.84. The molecule has 1 aliphatic rings. The van der Waals surface area contributed by atoms with E-state index >= 15 is 0 Å². The lowest BCUT2D eigenvalue weighted by Gasteiger charge is -2.30. The molecular formula is C16H24N2O2. The molecule has 1 unspecified atom stereocenters. The predicted octanol–water partition coefficient (Wildman–Crippen LogP) is 2.09. The fraction of sp³-hybridized carbons (Fsp3) is 0.562. The van der Waals surface area contributed by atoms with E-state index in [9.17, 15) is 4.79 Å². The third kappa shape index (κ3) is 3.97.